The van der Waals surface area contributed by atoms with Crippen LogP contribution in [0.2, 0.25) is 0 Å². The monoisotopic (exact) mass is 292 g/mol. The Bertz CT molecular complexity index is 430. The van der Waals surface area contributed by atoms with E-state index in [9.17, 15) is 4.79 Å². The zero-order valence-electron chi connectivity index (χ0n) is 13.8. The van der Waals surface area contributed by atoms with Crippen LogP contribution in [0.25, 0.3) is 0 Å². The van der Waals surface area contributed by atoms with Crippen LogP contribution in [0.3, 0.4) is 0 Å². The zero-order valence-corrected chi connectivity index (χ0v) is 13.8. The molecule has 118 valence electrons. The van der Waals surface area contributed by atoms with E-state index in [4.69, 9.17) is 0 Å². The van der Waals surface area contributed by atoms with Gasteiger partial charge in [-0.05, 0) is 19.3 Å². The van der Waals surface area contributed by atoms with Crippen molar-refractivity contribution < 1.29 is 4.79 Å². The van der Waals surface area contributed by atoms with Crippen molar-refractivity contribution in [1.82, 2.24) is 14.9 Å². The van der Waals surface area contributed by atoms with Crippen LogP contribution in [-0.4, -0.2) is 47.5 Å². The van der Waals surface area contributed by atoms with Crippen LogP contribution in [0.1, 0.15) is 56.9 Å². The van der Waals surface area contributed by atoms with Gasteiger partial charge in [-0.25, -0.2) is 9.97 Å². The van der Waals surface area contributed by atoms with E-state index in [0.29, 0.717) is 5.69 Å². The third kappa shape index (κ3) is 5.33. The summed E-state index contributed by atoms with van der Waals surface area (Å²) in [5.41, 5.74) is 0.482. The first-order chi connectivity index (χ1) is 10.1. The van der Waals surface area contributed by atoms with E-state index in [0.717, 1.165) is 51.1 Å². The maximum Gasteiger partial charge on any atom is 0.272 e. The lowest BCUT2D eigenvalue weighted by atomic mass is 10.2. The van der Waals surface area contributed by atoms with E-state index in [1.54, 1.807) is 4.90 Å². The third-order valence-corrected chi connectivity index (χ3v) is 3.38. The molecular weight excluding hydrogens is 264 g/mol. The van der Waals surface area contributed by atoms with Crippen molar-refractivity contribution >= 4 is 11.7 Å². The van der Waals surface area contributed by atoms with Gasteiger partial charge in [0.25, 0.3) is 5.91 Å². The predicted molar refractivity (Wildman–Crippen MR) is 86.7 cm³/mol. The van der Waals surface area contributed by atoms with Crippen LogP contribution in [0, 0.1) is 0 Å². The van der Waals surface area contributed by atoms with Crippen LogP contribution in [0.15, 0.2) is 12.4 Å². The highest BCUT2D eigenvalue weighted by molar-refractivity contribution is 5.92. The highest BCUT2D eigenvalue weighted by Gasteiger charge is 2.15. The van der Waals surface area contributed by atoms with Gasteiger partial charge < -0.3 is 9.80 Å². The number of nitrogens with zero attached hydrogens (tertiary/aromatic N) is 4. The van der Waals surface area contributed by atoms with E-state index >= 15 is 0 Å². The van der Waals surface area contributed by atoms with Crippen molar-refractivity contribution in [2.75, 3.05) is 31.6 Å². The lowest BCUT2D eigenvalue weighted by Crippen LogP contribution is -2.30. The lowest BCUT2D eigenvalue weighted by molar-refractivity contribution is 0.0787. The van der Waals surface area contributed by atoms with Crippen LogP contribution in [0.4, 0.5) is 5.82 Å². The fourth-order valence-corrected chi connectivity index (χ4v) is 2.21. The maximum atomic E-state index is 12.4. The molecule has 0 saturated heterocycles. The topological polar surface area (TPSA) is 49.3 Å². The Labute approximate surface area is 128 Å². The molecule has 0 aliphatic heterocycles. The molecule has 0 aliphatic carbocycles. The summed E-state index contributed by atoms with van der Waals surface area (Å²) in [5, 5.41) is 0. The Kier molecular flexibility index (Phi) is 7.72. The molecule has 21 heavy (non-hydrogen) atoms. The van der Waals surface area contributed by atoms with Gasteiger partial charge in [0, 0.05) is 32.7 Å². The average Bonchev–Trinajstić information content (AvgIpc) is 2.51. The first-order valence-corrected chi connectivity index (χ1v) is 7.96. The molecular formula is C16H28N4O. The van der Waals surface area contributed by atoms with Gasteiger partial charge in [0.1, 0.15) is 17.8 Å². The Morgan fingerprint density at radius 2 is 1.71 bits per heavy atom. The molecule has 1 amide bonds. The number of amides is 1. The van der Waals surface area contributed by atoms with Gasteiger partial charge in [0.15, 0.2) is 0 Å². The SMILES string of the molecule is CCCCN(C)C(=O)c1cc(N(CCC)CCC)ncn1. The number of hydrogen-bond donors (Lipinski definition) is 0. The first kappa shape index (κ1) is 17.4. The summed E-state index contributed by atoms with van der Waals surface area (Å²) in [5.74, 6) is 0.820. The number of aromatic nitrogens is 2. The molecule has 1 rings (SSSR count). The third-order valence-electron chi connectivity index (χ3n) is 3.38. The van der Waals surface area contributed by atoms with Crippen molar-refractivity contribution in [3.63, 3.8) is 0 Å². The van der Waals surface area contributed by atoms with E-state index in [-0.39, 0.29) is 5.91 Å². The number of rotatable bonds is 9. The van der Waals surface area contributed by atoms with Crippen LogP contribution < -0.4 is 4.90 Å². The molecule has 5 nitrogen and oxygen atoms in total. The first-order valence-electron chi connectivity index (χ1n) is 7.96. The summed E-state index contributed by atoms with van der Waals surface area (Å²) in [4.78, 5) is 24.8. The number of carbonyl (C=O) groups excluding carboxylic acids is 1. The largest absolute Gasteiger partial charge is 0.357 e. The fraction of sp³-hybridized carbons (Fsp3) is 0.688. The van der Waals surface area contributed by atoms with Crippen molar-refractivity contribution in [2.24, 2.45) is 0 Å². The maximum absolute atomic E-state index is 12.4. The molecule has 0 saturated carbocycles. The number of anilines is 1. The number of hydrogen-bond acceptors (Lipinski definition) is 4. The second kappa shape index (κ2) is 9.32. The van der Waals surface area contributed by atoms with Gasteiger partial charge in [-0.15, -0.1) is 0 Å². The summed E-state index contributed by atoms with van der Waals surface area (Å²) in [6.07, 6.45) is 5.70. The highest BCUT2D eigenvalue weighted by atomic mass is 16.2. The minimum absolute atomic E-state index is 0.0277. The molecule has 1 heterocycles. The summed E-state index contributed by atoms with van der Waals surface area (Å²) < 4.78 is 0. The summed E-state index contributed by atoms with van der Waals surface area (Å²) in [6, 6.07) is 1.82. The Balaban J connectivity index is 2.85. The molecule has 1 aromatic heterocycles. The Morgan fingerprint density at radius 1 is 1.05 bits per heavy atom. The van der Waals surface area contributed by atoms with Crippen LogP contribution in [-0.2, 0) is 0 Å². The average molecular weight is 292 g/mol. The van der Waals surface area contributed by atoms with Crippen LogP contribution in [0.5, 0.6) is 0 Å². The molecule has 5 heteroatoms. The normalized spacial score (nSPS) is 10.5. The quantitative estimate of drug-likeness (QED) is 0.702. The van der Waals surface area contributed by atoms with Gasteiger partial charge in [0.2, 0.25) is 0 Å². The van der Waals surface area contributed by atoms with Crippen LogP contribution >= 0.6 is 0 Å². The van der Waals surface area contributed by atoms with E-state index in [1.165, 1.54) is 6.33 Å². The molecule has 0 aliphatic rings. The number of unbranched alkanes of at least 4 members (excludes halogenated alkanes) is 1. The van der Waals surface area contributed by atoms with Crippen molar-refractivity contribution in [1.29, 1.82) is 0 Å². The number of carbonyl (C=O) groups is 1. The van der Waals surface area contributed by atoms with Gasteiger partial charge in [-0.3, -0.25) is 4.79 Å². The predicted octanol–water partition coefficient (Wildman–Crippen LogP) is 2.98. The molecule has 0 N–H and O–H groups in total. The Hall–Kier alpha value is -1.65. The van der Waals surface area contributed by atoms with Crippen molar-refractivity contribution in [2.45, 2.75) is 46.5 Å². The lowest BCUT2D eigenvalue weighted by Gasteiger charge is -2.23. The fourth-order valence-electron chi connectivity index (χ4n) is 2.21. The minimum atomic E-state index is -0.0277. The zero-order chi connectivity index (χ0) is 15.7. The molecule has 0 spiro atoms. The Morgan fingerprint density at radius 3 is 2.29 bits per heavy atom. The summed E-state index contributed by atoms with van der Waals surface area (Å²) in [6.45, 7) is 9.08. The summed E-state index contributed by atoms with van der Waals surface area (Å²) in [7, 11) is 1.83. The summed E-state index contributed by atoms with van der Waals surface area (Å²) >= 11 is 0. The van der Waals surface area contributed by atoms with Gasteiger partial charge in [-0.1, -0.05) is 27.2 Å². The minimum Gasteiger partial charge on any atom is -0.357 e. The van der Waals surface area contributed by atoms with Crippen molar-refractivity contribution in [3.8, 4) is 0 Å². The van der Waals surface area contributed by atoms with Crippen molar-refractivity contribution in [3.05, 3.63) is 18.1 Å². The molecule has 0 unspecified atom stereocenters. The van der Waals surface area contributed by atoms with Gasteiger partial charge >= 0.3 is 0 Å². The standard InChI is InChI=1S/C16H28N4O/c1-5-8-11-19(4)16(21)14-12-15(18-13-17-14)20(9-6-2)10-7-3/h12-13H,5-11H2,1-4H3. The molecule has 1 aromatic rings. The smallest absolute Gasteiger partial charge is 0.272 e. The van der Waals surface area contributed by atoms with Gasteiger partial charge in [0.05, 0.1) is 0 Å². The highest BCUT2D eigenvalue weighted by Crippen LogP contribution is 2.13. The molecule has 0 bridgehead atoms. The van der Waals surface area contributed by atoms with E-state index < -0.39 is 0 Å². The second-order valence-electron chi connectivity index (χ2n) is 5.33. The molecule has 0 atom stereocenters. The molecule has 0 fully saturated rings. The molecule has 0 radical (unpaired) electrons. The molecule has 0 aromatic carbocycles. The van der Waals surface area contributed by atoms with E-state index in [1.807, 2.05) is 13.1 Å². The van der Waals surface area contributed by atoms with Gasteiger partial charge in [-0.2, -0.15) is 0 Å². The second-order valence-corrected chi connectivity index (χ2v) is 5.33. The van der Waals surface area contributed by atoms with E-state index in [2.05, 4.69) is 35.6 Å².